The molecule has 41 heavy (non-hydrogen) atoms. The van der Waals surface area contributed by atoms with Gasteiger partial charge in [-0.2, -0.15) is 15.0 Å². The Labute approximate surface area is 232 Å². The van der Waals surface area contributed by atoms with Gasteiger partial charge >= 0.3 is 17.1 Å². The molecule has 0 bridgehead atoms. The van der Waals surface area contributed by atoms with Crippen LogP contribution in [-0.4, -0.2) is 33.8 Å². The van der Waals surface area contributed by atoms with Crippen molar-refractivity contribution in [3.8, 4) is 22.8 Å². The van der Waals surface area contributed by atoms with Gasteiger partial charge in [0.1, 0.15) is 23.2 Å². The van der Waals surface area contributed by atoms with Gasteiger partial charge in [-0.25, -0.2) is 14.4 Å². The number of aromatic hydroxyl groups is 1. The van der Waals surface area contributed by atoms with Crippen molar-refractivity contribution in [2.75, 3.05) is 17.2 Å². The van der Waals surface area contributed by atoms with E-state index in [-0.39, 0.29) is 46.2 Å². The van der Waals surface area contributed by atoms with E-state index in [1.54, 1.807) is 36.4 Å². The molecule has 3 aromatic heterocycles. The van der Waals surface area contributed by atoms with E-state index >= 15 is 0 Å². The smallest absolute Gasteiger partial charge is 0.354 e. The topological polar surface area (TPSA) is 203 Å². The zero-order valence-corrected chi connectivity index (χ0v) is 21.7. The van der Waals surface area contributed by atoms with Crippen LogP contribution >= 0.6 is 0 Å². The number of benzene rings is 2. The molecule has 7 N–H and O–H groups in total. The number of phenols is 1. The molecule has 0 spiro atoms. The van der Waals surface area contributed by atoms with Crippen molar-refractivity contribution in [2.45, 2.75) is 12.8 Å². The molecule has 0 saturated carbocycles. The molecule has 13 heteroatoms. The third-order valence-electron chi connectivity index (χ3n) is 6.32. The predicted octanol–water partition coefficient (Wildman–Crippen LogP) is 1.59. The fraction of sp³-hybridized carbons (Fsp3) is 0.0714. The minimum absolute atomic E-state index is 0.00315. The third-order valence-corrected chi connectivity index (χ3v) is 6.32. The lowest BCUT2D eigenvalue weighted by atomic mass is 9.97. The summed E-state index contributed by atoms with van der Waals surface area (Å²) in [6.45, 7) is 1.92. The Morgan fingerprint density at radius 1 is 0.707 bits per heavy atom. The van der Waals surface area contributed by atoms with Crippen LogP contribution in [0.1, 0.15) is 24.0 Å². The maximum absolute atomic E-state index is 13.1. The number of nitrogen functional groups attached to an aromatic ring is 3. The van der Waals surface area contributed by atoms with Gasteiger partial charge in [-0.15, -0.1) is 0 Å². The lowest BCUT2D eigenvalue weighted by Crippen LogP contribution is -2.30. The van der Waals surface area contributed by atoms with Crippen LogP contribution in [0.3, 0.4) is 0 Å². The molecule has 0 aliphatic heterocycles. The van der Waals surface area contributed by atoms with E-state index in [9.17, 15) is 19.5 Å². The van der Waals surface area contributed by atoms with E-state index in [1.165, 1.54) is 50.5 Å². The van der Waals surface area contributed by atoms with Crippen LogP contribution < -0.4 is 34.3 Å². The van der Waals surface area contributed by atoms with Crippen molar-refractivity contribution in [3.05, 3.63) is 122 Å². The second-order valence-corrected chi connectivity index (χ2v) is 9.16. The molecule has 5 aromatic rings. The van der Waals surface area contributed by atoms with Gasteiger partial charge < -0.3 is 22.3 Å². The molecular weight excluding hydrogens is 526 g/mol. The van der Waals surface area contributed by atoms with Crippen LogP contribution in [0.25, 0.3) is 23.1 Å². The van der Waals surface area contributed by atoms with Crippen LogP contribution in [0.2, 0.25) is 0 Å². The van der Waals surface area contributed by atoms with Crippen LogP contribution in [0.15, 0.2) is 93.6 Å². The summed E-state index contributed by atoms with van der Waals surface area (Å²) >= 11 is 0. The van der Waals surface area contributed by atoms with Crippen LogP contribution in [-0.2, 0) is 0 Å². The molecule has 1 unspecified atom stereocenters. The second-order valence-electron chi connectivity index (χ2n) is 9.16. The molecule has 0 saturated heterocycles. The Kier molecular flexibility index (Phi) is 6.91. The Morgan fingerprint density at radius 3 is 1.59 bits per heavy atom. The van der Waals surface area contributed by atoms with Gasteiger partial charge in [-0.05, 0) is 59.5 Å². The predicted molar refractivity (Wildman–Crippen MR) is 155 cm³/mol. The zero-order chi connectivity index (χ0) is 29.3. The summed E-state index contributed by atoms with van der Waals surface area (Å²) in [5.74, 6) is -0.0834. The van der Waals surface area contributed by atoms with E-state index in [2.05, 4.69) is 15.0 Å². The van der Waals surface area contributed by atoms with Crippen molar-refractivity contribution in [3.63, 3.8) is 0 Å². The first-order chi connectivity index (χ1) is 19.6. The summed E-state index contributed by atoms with van der Waals surface area (Å²) < 4.78 is 3.61. The Balaban J connectivity index is 1.83. The Hall–Kier alpha value is -5.98. The van der Waals surface area contributed by atoms with E-state index in [1.807, 2.05) is 19.1 Å². The molecule has 3 heterocycles. The minimum atomic E-state index is -0.742. The molecule has 0 fully saturated rings. The number of allylic oxidation sites excluding steroid dienone is 1. The van der Waals surface area contributed by atoms with E-state index in [0.717, 1.165) is 5.56 Å². The highest BCUT2D eigenvalue weighted by Crippen LogP contribution is 2.31. The minimum Gasteiger partial charge on any atom is -0.508 e. The van der Waals surface area contributed by atoms with Crippen molar-refractivity contribution in [2.24, 2.45) is 0 Å². The standard InChI is InChI=1S/C28H25N9O4/c1-16(2-3-17-4-6-19(38)7-5-17)18-14-20(35-11-8-22(29)32-26(35)39)25(37-13-10-24(31)34-28(37)41)21(15-18)36-12-9-23(30)33-27(36)40/h2-16,38H,1H3,(H2,29,32,39)(H2,30,33,40)(H2,31,34,41)/b3-2+. The average molecular weight is 552 g/mol. The van der Waals surface area contributed by atoms with Gasteiger partial charge in [0.15, 0.2) is 0 Å². The largest absolute Gasteiger partial charge is 0.508 e. The summed E-state index contributed by atoms with van der Waals surface area (Å²) in [7, 11) is 0. The summed E-state index contributed by atoms with van der Waals surface area (Å²) in [6, 6.07) is 14.4. The molecule has 0 aliphatic carbocycles. The molecule has 1 atom stereocenters. The maximum atomic E-state index is 13.1. The average Bonchev–Trinajstić information content (AvgIpc) is 2.92. The van der Waals surface area contributed by atoms with Crippen molar-refractivity contribution in [1.29, 1.82) is 0 Å². The molecule has 0 radical (unpaired) electrons. The van der Waals surface area contributed by atoms with Gasteiger partial charge in [0.05, 0.1) is 17.1 Å². The molecule has 5 rings (SSSR count). The molecule has 2 aromatic carbocycles. The third kappa shape index (κ3) is 5.45. The van der Waals surface area contributed by atoms with Crippen molar-refractivity contribution in [1.82, 2.24) is 28.7 Å². The normalized spacial score (nSPS) is 12.0. The van der Waals surface area contributed by atoms with Gasteiger partial charge in [0, 0.05) is 18.6 Å². The van der Waals surface area contributed by atoms with Crippen LogP contribution in [0.4, 0.5) is 17.5 Å². The van der Waals surface area contributed by atoms with E-state index in [0.29, 0.717) is 5.56 Å². The van der Waals surface area contributed by atoms with Crippen molar-refractivity contribution >= 4 is 23.5 Å². The van der Waals surface area contributed by atoms with E-state index in [4.69, 9.17) is 17.2 Å². The molecule has 13 nitrogen and oxygen atoms in total. The lowest BCUT2D eigenvalue weighted by molar-refractivity contribution is 0.475. The first kappa shape index (κ1) is 26.6. The maximum Gasteiger partial charge on any atom is 0.354 e. The highest BCUT2D eigenvalue weighted by molar-refractivity contribution is 5.68. The summed E-state index contributed by atoms with van der Waals surface area (Å²) in [5, 5.41) is 9.58. The number of hydrogen-bond acceptors (Lipinski definition) is 10. The summed E-state index contributed by atoms with van der Waals surface area (Å²) in [4.78, 5) is 50.7. The fourth-order valence-corrected chi connectivity index (χ4v) is 4.24. The Bertz CT molecular complexity index is 1890. The molecule has 206 valence electrons. The highest BCUT2D eigenvalue weighted by Gasteiger charge is 2.21. The van der Waals surface area contributed by atoms with Crippen LogP contribution in [0, 0.1) is 0 Å². The van der Waals surface area contributed by atoms with Crippen LogP contribution in [0.5, 0.6) is 5.75 Å². The van der Waals surface area contributed by atoms with Gasteiger partial charge in [-0.3, -0.25) is 13.7 Å². The number of hydrogen-bond donors (Lipinski definition) is 4. The number of aromatic nitrogens is 6. The SMILES string of the molecule is CC(/C=C/c1ccc(O)cc1)c1cc(-n2ccc(N)nc2=O)c(-n2ccc(N)nc2=O)c(-n2ccc(N)nc2=O)c1. The van der Waals surface area contributed by atoms with Crippen molar-refractivity contribution < 1.29 is 5.11 Å². The number of nitrogens with zero attached hydrogens (tertiary/aromatic N) is 6. The second kappa shape index (κ2) is 10.6. The molecule has 0 amide bonds. The quantitative estimate of drug-likeness (QED) is 0.240. The van der Waals surface area contributed by atoms with E-state index < -0.39 is 17.1 Å². The number of rotatable bonds is 6. The number of anilines is 3. The molecule has 0 aliphatic rings. The first-order valence-electron chi connectivity index (χ1n) is 12.3. The zero-order valence-electron chi connectivity index (χ0n) is 21.7. The summed E-state index contributed by atoms with van der Waals surface area (Å²) in [5.41, 5.74) is 17.2. The van der Waals surface area contributed by atoms with Gasteiger partial charge in [0.25, 0.3) is 0 Å². The number of nitrogens with two attached hydrogens (primary N) is 3. The lowest BCUT2D eigenvalue weighted by Gasteiger charge is -2.21. The number of phenolic OH excluding ortho intramolecular Hbond substituents is 1. The first-order valence-corrected chi connectivity index (χ1v) is 12.3. The Morgan fingerprint density at radius 2 is 1.15 bits per heavy atom. The van der Waals surface area contributed by atoms with Gasteiger partial charge in [0.2, 0.25) is 0 Å². The monoisotopic (exact) mass is 551 g/mol. The fourth-order valence-electron chi connectivity index (χ4n) is 4.24. The summed E-state index contributed by atoms with van der Waals surface area (Å²) in [6.07, 6.45) is 8.04. The van der Waals surface area contributed by atoms with Gasteiger partial charge in [-0.1, -0.05) is 31.2 Å². The highest BCUT2D eigenvalue weighted by atomic mass is 16.3. The molecular formula is C28H25N9O4.